The summed E-state index contributed by atoms with van der Waals surface area (Å²) in [6.07, 6.45) is -0.576. The minimum absolute atomic E-state index is 0.0213. The highest BCUT2D eigenvalue weighted by atomic mass is 32.2. The summed E-state index contributed by atoms with van der Waals surface area (Å²) in [4.78, 5) is 0. The van der Waals surface area contributed by atoms with E-state index < -0.39 is 25.8 Å². The van der Waals surface area contributed by atoms with Gasteiger partial charge in [0.25, 0.3) is 0 Å². The number of nitrogens with zero attached hydrogens (tertiary/aromatic N) is 1. The lowest BCUT2D eigenvalue weighted by Crippen LogP contribution is -2.54. The Morgan fingerprint density at radius 3 is 2.37 bits per heavy atom. The van der Waals surface area contributed by atoms with E-state index in [-0.39, 0.29) is 36.0 Å². The van der Waals surface area contributed by atoms with E-state index in [1.54, 1.807) is 18.2 Å². The van der Waals surface area contributed by atoms with Crippen molar-refractivity contribution in [2.24, 2.45) is 5.73 Å². The molecule has 0 spiro atoms. The highest BCUT2D eigenvalue weighted by Gasteiger charge is 2.50. The van der Waals surface area contributed by atoms with Gasteiger partial charge in [-0.1, -0.05) is 18.2 Å². The minimum atomic E-state index is -4.89. The van der Waals surface area contributed by atoms with Crippen molar-refractivity contribution >= 4 is 15.7 Å². The summed E-state index contributed by atoms with van der Waals surface area (Å²) in [5.41, 5.74) is 6.12. The number of rotatable bonds is 6. The SMILES string of the molecule is NCC1=C[N+](c2ccc(Oc3ccccc3O)cc2)(S(=O)(=O)CC(F)(F)F)CC=C1. The van der Waals surface area contributed by atoms with Gasteiger partial charge in [-0.2, -0.15) is 25.5 Å². The van der Waals surface area contributed by atoms with Crippen molar-refractivity contribution in [3.8, 4) is 17.2 Å². The molecule has 1 aliphatic rings. The van der Waals surface area contributed by atoms with Crippen LogP contribution in [0.5, 0.6) is 17.2 Å². The molecule has 0 fully saturated rings. The Bertz CT molecular complexity index is 1080. The topological polar surface area (TPSA) is 89.6 Å². The molecule has 0 saturated carbocycles. The summed E-state index contributed by atoms with van der Waals surface area (Å²) in [7, 11) is -4.73. The third-order valence-electron chi connectivity index (χ3n) is 4.53. The van der Waals surface area contributed by atoms with Gasteiger partial charge in [0.1, 0.15) is 18.5 Å². The zero-order chi connectivity index (χ0) is 22.0. The van der Waals surface area contributed by atoms with Crippen LogP contribution in [0.4, 0.5) is 18.9 Å². The molecule has 0 aromatic heterocycles. The molecule has 0 bridgehead atoms. The highest BCUT2D eigenvalue weighted by molar-refractivity contribution is 7.91. The average molecular weight is 441 g/mol. The number of ether oxygens (including phenoxy) is 1. The summed E-state index contributed by atoms with van der Waals surface area (Å²) >= 11 is 0. The first-order valence-electron chi connectivity index (χ1n) is 8.88. The third-order valence-corrected chi connectivity index (χ3v) is 6.68. The lowest BCUT2D eigenvalue weighted by atomic mass is 10.2. The van der Waals surface area contributed by atoms with Crippen molar-refractivity contribution in [1.29, 1.82) is 0 Å². The van der Waals surface area contributed by atoms with E-state index >= 15 is 0 Å². The second-order valence-corrected chi connectivity index (χ2v) is 8.80. The molecule has 2 aromatic carbocycles. The normalized spacial score (nSPS) is 19.4. The Labute approximate surface area is 171 Å². The first kappa shape index (κ1) is 21.9. The van der Waals surface area contributed by atoms with Crippen LogP contribution in [0, 0.1) is 0 Å². The first-order valence-corrected chi connectivity index (χ1v) is 10.5. The molecule has 0 amide bonds. The Morgan fingerprint density at radius 2 is 1.77 bits per heavy atom. The van der Waals surface area contributed by atoms with Gasteiger partial charge in [0.2, 0.25) is 0 Å². The van der Waals surface area contributed by atoms with E-state index in [2.05, 4.69) is 0 Å². The predicted octanol–water partition coefficient (Wildman–Crippen LogP) is 3.80. The van der Waals surface area contributed by atoms with Gasteiger partial charge in [-0.15, -0.1) is 0 Å². The number of alkyl halides is 3. The maximum atomic E-state index is 13.0. The van der Waals surface area contributed by atoms with Crippen LogP contribution in [0.25, 0.3) is 0 Å². The number of hydrogen-bond acceptors (Lipinski definition) is 5. The minimum Gasteiger partial charge on any atom is -0.504 e. The summed E-state index contributed by atoms with van der Waals surface area (Å²) < 4.78 is 69.3. The maximum absolute atomic E-state index is 13.0. The van der Waals surface area contributed by atoms with Crippen LogP contribution in [-0.4, -0.2) is 38.5 Å². The van der Waals surface area contributed by atoms with Crippen molar-refractivity contribution in [3.63, 3.8) is 0 Å². The van der Waals surface area contributed by atoms with Crippen molar-refractivity contribution in [2.75, 3.05) is 18.8 Å². The van der Waals surface area contributed by atoms with Crippen molar-refractivity contribution in [2.45, 2.75) is 6.18 Å². The van der Waals surface area contributed by atoms with Crippen molar-refractivity contribution in [1.82, 2.24) is 3.89 Å². The van der Waals surface area contributed by atoms with Crippen LogP contribution in [0.1, 0.15) is 0 Å². The number of phenols is 1. The van der Waals surface area contributed by atoms with Crippen LogP contribution >= 0.6 is 0 Å². The molecule has 1 heterocycles. The second kappa shape index (κ2) is 8.13. The van der Waals surface area contributed by atoms with E-state index in [4.69, 9.17) is 10.5 Å². The molecular weight excluding hydrogens is 421 g/mol. The second-order valence-electron chi connectivity index (χ2n) is 6.69. The summed E-state index contributed by atoms with van der Waals surface area (Å²) in [5, 5.41) is 9.80. The Balaban J connectivity index is 2.02. The molecule has 160 valence electrons. The maximum Gasteiger partial charge on any atom is 0.408 e. The van der Waals surface area contributed by atoms with E-state index in [0.717, 1.165) is 0 Å². The highest BCUT2D eigenvalue weighted by Crippen LogP contribution is 2.37. The zero-order valence-corrected chi connectivity index (χ0v) is 16.5. The standard InChI is InChI=1S/C20H19F3N2O4S/c21-20(22,23)14-30(27,28)25(11-3-4-15(12-24)13-25)16-7-9-17(10-8-16)29-19-6-2-1-5-18(19)26/h1-10,13H,11-12,14,24H2/p+1. The smallest absolute Gasteiger partial charge is 0.408 e. The van der Waals surface area contributed by atoms with Gasteiger partial charge in [-0.3, -0.25) is 0 Å². The van der Waals surface area contributed by atoms with E-state index in [1.165, 1.54) is 48.7 Å². The van der Waals surface area contributed by atoms with Crippen molar-refractivity contribution in [3.05, 3.63) is 72.5 Å². The summed E-state index contributed by atoms with van der Waals surface area (Å²) in [5.74, 6) is -1.60. The zero-order valence-electron chi connectivity index (χ0n) is 15.7. The van der Waals surface area contributed by atoms with E-state index in [1.807, 2.05) is 0 Å². The first-order chi connectivity index (χ1) is 14.1. The largest absolute Gasteiger partial charge is 0.504 e. The lowest BCUT2D eigenvalue weighted by molar-refractivity contribution is -0.106. The molecule has 2 aromatic rings. The number of sulfonamides is 1. The van der Waals surface area contributed by atoms with E-state index in [9.17, 15) is 26.7 Å². The third kappa shape index (κ3) is 4.50. The Morgan fingerprint density at radius 1 is 1.10 bits per heavy atom. The number of aromatic hydroxyl groups is 1. The van der Waals surface area contributed by atoms with Gasteiger partial charge in [0, 0.05) is 24.3 Å². The van der Waals surface area contributed by atoms with Gasteiger partial charge in [-0.05, 0) is 30.3 Å². The van der Waals surface area contributed by atoms with Crippen LogP contribution < -0.4 is 14.4 Å². The van der Waals surface area contributed by atoms with Gasteiger partial charge >= 0.3 is 16.2 Å². The molecule has 0 saturated heterocycles. The van der Waals surface area contributed by atoms with Gasteiger partial charge in [-0.25, -0.2) is 0 Å². The van der Waals surface area contributed by atoms with Gasteiger partial charge in [0.05, 0.1) is 0 Å². The fourth-order valence-corrected chi connectivity index (χ4v) is 4.83. The van der Waals surface area contributed by atoms with Crippen molar-refractivity contribution < 1.29 is 31.4 Å². The molecule has 10 heteroatoms. The van der Waals surface area contributed by atoms with Crippen LogP contribution in [-0.2, 0) is 10.0 Å². The molecule has 3 rings (SSSR count). The van der Waals surface area contributed by atoms with Crippen LogP contribution in [0.15, 0.2) is 72.5 Å². The van der Waals surface area contributed by atoms with Crippen LogP contribution in [0.3, 0.4) is 0 Å². The summed E-state index contributed by atoms with van der Waals surface area (Å²) in [6, 6.07) is 11.9. The summed E-state index contributed by atoms with van der Waals surface area (Å²) in [6.45, 7) is -0.228. The molecule has 6 nitrogen and oxygen atoms in total. The Kier molecular flexibility index (Phi) is 5.93. The number of nitrogens with two attached hydrogens (primary N) is 1. The van der Waals surface area contributed by atoms with Gasteiger partial charge < -0.3 is 15.6 Å². The number of benzene rings is 2. The molecule has 0 aliphatic carbocycles. The average Bonchev–Trinajstić information content (AvgIpc) is 2.68. The quantitative estimate of drug-likeness (QED) is 0.666. The fourth-order valence-electron chi connectivity index (χ4n) is 3.14. The number of halogens is 3. The van der Waals surface area contributed by atoms with Crippen LogP contribution in [0.2, 0.25) is 0 Å². The molecule has 30 heavy (non-hydrogen) atoms. The number of quaternary nitrogens is 1. The molecule has 0 radical (unpaired) electrons. The molecule has 3 N–H and O–H groups in total. The lowest BCUT2D eigenvalue weighted by Gasteiger charge is -2.34. The number of phenolic OH excluding ortho intramolecular Hbond substituents is 1. The van der Waals surface area contributed by atoms with E-state index in [0.29, 0.717) is 5.57 Å². The van der Waals surface area contributed by atoms with Gasteiger partial charge in [0.15, 0.2) is 22.9 Å². The predicted molar refractivity (Wildman–Crippen MR) is 107 cm³/mol. The number of hydrogen-bond donors (Lipinski definition) is 2. The molecule has 1 unspecified atom stereocenters. The molecule has 1 atom stereocenters. The Hall–Kier alpha value is -2.82. The molecular formula is C20H20F3N2O4S+. The monoisotopic (exact) mass is 441 g/mol. The molecule has 1 aliphatic heterocycles. The fraction of sp³-hybridized carbons (Fsp3) is 0.200. The number of para-hydroxylation sites is 2.